The number of aromatic carboxylic acids is 1. The van der Waals surface area contributed by atoms with E-state index in [1.54, 1.807) is 12.1 Å². The number of rotatable bonds is 3. The predicted molar refractivity (Wildman–Crippen MR) is 77.4 cm³/mol. The Morgan fingerprint density at radius 2 is 1.63 bits per heavy atom. The number of hydrogen-bond donors (Lipinski definition) is 1. The van der Waals surface area contributed by atoms with Gasteiger partial charge in [-0.3, -0.25) is 0 Å². The van der Waals surface area contributed by atoms with Gasteiger partial charge in [-0.2, -0.15) is 0 Å². The largest absolute Gasteiger partial charge is 0.478 e. The second kappa shape index (κ2) is 5.14. The molecule has 1 N–H and O–H groups in total. The van der Waals surface area contributed by atoms with Gasteiger partial charge in [0, 0.05) is 12.7 Å². The van der Waals surface area contributed by atoms with Gasteiger partial charge in [-0.1, -0.05) is 30.3 Å². The van der Waals surface area contributed by atoms with E-state index in [4.69, 9.17) is 0 Å². The fourth-order valence-electron chi connectivity index (χ4n) is 2.34. The van der Waals surface area contributed by atoms with Crippen LogP contribution in [0.3, 0.4) is 0 Å². The van der Waals surface area contributed by atoms with Gasteiger partial charge in [-0.25, -0.2) is 4.79 Å². The van der Waals surface area contributed by atoms with Gasteiger partial charge in [0.25, 0.3) is 0 Å². The Kier molecular flexibility index (Phi) is 3.56. The number of benzene rings is 2. The van der Waals surface area contributed by atoms with Gasteiger partial charge in [0.05, 0.1) is 11.3 Å². The van der Waals surface area contributed by atoms with Crippen molar-refractivity contribution in [2.75, 3.05) is 11.9 Å². The topological polar surface area (TPSA) is 40.5 Å². The molecule has 0 spiro atoms. The van der Waals surface area contributed by atoms with E-state index in [1.165, 1.54) is 0 Å². The molecule has 0 radical (unpaired) electrons. The number of nitrogens with zero attached hydrogens (tertiary/aromatic N) is 1. The molecule has 0 fully saturated rings. The number of carboxylic acid groups (broad SMARTS) is 1. The number of anilines is 2. The molecule has 98 valence electrons. The third kappa shape index (κ3) is 2.45. The number of para-hydroxylation sites is 2. The lowest BCUT2D eigenvalue weighted by Crippen LogP contribution is -2.16. The van der Waals surface area contributed by atoms with Crippen molar-refractivity contribution in [3.63, 3.8) is 0 Å². The SMILES string of the molecule is Cc1ccccc1N(C)c1c(C)cccc1C(=O)O. The van der Waals surface area contributed by atoms with E-state index < -0.39 is 5.97 Å². The van der Waals surface area contributed by atoms with Crippen molar-refractivity contribution < 1.29 is 9.90 Å². The zero-order chi connectivity index (χ0) is 14.0. The first kappa shape index (κ1) is 13.1. The maximum absolute atomic E-state index is 11.4. The zero-order valence-electron chi connectivity index (χ0n) is 11.3. The van der Waals surface area contributed by atoms with E-state index in [-0.39, 0.29) is 0 Å². The minimum Gasteiger partial charge on any atom is -0.478 e. The van der Waals surface area contributed by atoms with E-state index in [9.17, 15) is 9.90 Å². The Morgan fingerprint density at radius 3 is 2.26 bits per heavy atom. The summed E-state index contributed by atoms with van der Waals surface area (Å²) in [6.07, 6.45) is 0. The van der Waals surface area contributed by atoms with Crippen LogP contribution >= 0.6 is 0 Å². The maximum atomic E-state index is 11.4. The predicted octanol–water partition coefficient (Wildman–Crippen LogP) is 3.77. The number of carboxylic acids is 1. The standard InChI is InChI=1S/C16H17NO2/c1-11-7-4-5-10-14(11)17(3)15-12(2)8-6-9-13(15)16(18)19/h4-10H,1-3H3,(H,18,19). The fraction of sp³-hybridized carbons (Fsp3) is 0.188. The average molecular weight is 255 g/mol. The van der Waals surface area contributed by atoms with Crippen LogP contribution in [0.4, 0.5) is 11.4 Å². The third-order valence-corrected chi connectivity index (χ3v) is 3.28. The van der Waals surface area contributed by atoms with Gasteiger partial charge in [0.1, 0.15) is 0 Å². The van der Waals surface area contributed by atoms with Crippen LogP contribution in [-0.2, 0) is 0 Å². The summed E-state index contributed by atoms with van der Waals surface area (Å²) in [6.45, 7) is 3.95. The summed E-state index contributed by atoms with van der Waals surface area (Å²) in [7, 11) is 1.90. The van der Waals surface area contributed by atoms with Gasteiger partial charge < -0.3 is 10.0 Å². The molecule has 0 saturated carbocycles. The summed E-state index contributed by atoms with van der Waals surface area (Å²) in [6, 6.07) is 13.3. The molecular formula is C16H17NO2. The van der Waals surface area contributed by atoms with Crippen molar-refractivity contribution in [3.8, 4) is 0 Å². The van der Waals surface area contributed by atoms with Crippen molar-refractivity contribution in [2.24, 2.45) is 0 Å². The maximum Gasteiger partial charge on any atom is 0.337 e. The molecule has 3 heteroatoms. The van der Waals surface area contributed by atoms with E-state index >= 15 is 0 Å². The van der Waals surface area contributed by atoms with E-state index in [1.807, 2.05) is 56.1 Å². The Morgan fingerprint density at radius 1 is 1.00 bits per heavy atom. The van der Waals surface area contributed by atoms with Crippen LogP contribution in [0, 0.1) is 13.8 Å². The van der Waals surface area contributed by atoms with Crippen LogP contribution < -0.4 is 4.90 Å². The summed E-state index contributed by atoms with van der Waals surface area (Å²) in [4.78, 5) is 13.3. The van der Waals surface area contributed by atoms with E-state index in [0.29, 0.717) is 5.56 Å². The molecule has 2 aromatic carbocycles. The summed E-state index contributed by atoms with van der Waals surface area (Å²) < 4.78 is 0. The van der Waals surface area contributed by atoms with E-state index in [0.717, 1.165) is 22.5 Å². The molecule has 0 aliphatic carbocycles. The Labute approximate surface area is 113 Å². The highest BCUT2D eigenvalue weighted by molar-refractivity contribution is 5.96. The molecule has 19 heavy (non-hydrogen) atoms. The van der Waals surface area contributed by atoms with Gasteiger partial charge in [0.15, 0.2) is 0 Å². The van der Waals surface area contributed by atoms with E-state index in [2.05, 4.69) is 0 Å². The summed E-state index contributed by atoms with van der Waals surface area (Å²) in [5.41, 5.74) is 4.14. The lowest BCUT2D eigenvalue weighted by molar-refractivity contribution is 0.0697. The number of hydrogen-bond acceptors (Lipinski definition) is 2. The molecule has 0 amide bonds. The Hall–Kier alpha value is -2.29. The molecule has 2 rings (SSSR count). The molecule has 0 aromatic heterocycles. The highest BCUT2D eigenvalue weighted by Gasteiger charge is 2.17. The molecule has 0 heterocycles. The monoisotopic (exact) mass is 255 g/mol. The third-order valence-electron chi connectivity index (χ3n) is 3.28. The first-order valence-corrected chi connectivity index (χ1v) is 6.14. The van der Waals surface area contributed by atoms with Gasteiger partial charge >= 0.3 is 5.97 Å². The van der Waals surface area contributed by atoms with Crippen LogP contribution in [0.1, 0.15) is 21.5 Å². The van der Waals surface area contributed by atoms with Crippen LogP contribution in [0.25, 0.3) is 0 Å². The lowest BCUT2D eigenvalue weighted by Gasteiger charge is -2.25. The summed E-state index contributed by atoms with van der Waals surface area (Å²) >= 11 is 0. The average Bonchev–Trinajstić information content (AvgIpc) is 2.38. The van der Waals surface area contributed by atoms with Crippen molar-refractivity contribution in [1.29, 1.82) is 0 Å². The Balaban J connectivity index is 2.59. The van der Waals surface area contributed by atoms with Crippen molar-refractivity contribution in [3.05, 3.63) is 59.2 Å². The molecule has 0 saturated heterocycles. The molecule has 0 bridgehead atoms. The zero-order valence-corrected chi connectivity index (χ0v) is 11.3. The molecule has 2 aromatic rings. The molecule has 0 unspecified atom stereocenters. The quantitative estimate of drug-likeness (QED) is 0.907. The van der Waals surface area contributed by atoms with Crippen LogP contribution in [0.2, 0.25) is 0 Å². The van der Waals surface area contributed by atoms with Gasteiger partial charge in [-0.05, 0) is 37.1 Å². The molecule has 3 nitrogen and oxygen atoms in total. The van der Waals surface area contributed by atoms with Crippen LogP contribution in [0.5, 0.6) is 0 Å². The number of aryl methyl sites for hydroxylation is 2. The van der Waals surface area contributed by atoms with Crippen molar-refractivity contribution in [2.45, 2.75) is 13.8 Å². The summed E-state index contributed by atoms with van der Waals surface area (Å²) in [5.74, 6) is -0.904. The minimum absolute atomic E-state index is 0.325. The number of carbonyl (C=O) groups is 1. The summed E-state index contributed by atoms with van der Waals surface area (Å²) in [5, 5.41) is 9.33. The second-order valence-corrected chi connectivity index (χ2v) is 4.62. The molecule has 0 aliphatic heterocycles. The van der Waals surface area contributed by atoms with Crippen LogP contribution in [0.15, 0.2) is 42.5 Å². The molecular weight excluding hydrogens is 238 g/mol. The molecule has 0 aliphatic rings. The minimum atomic E-state index is -0.904. The lowest BCUT2D eigenvalue weighted by atomic mass is 10.1. The van der Waals surface area contributed by atoms with Crippen molar-refractivity contribution in [1.82, 2.24) is 0 Å². The van der Waals surface area contributed by atoms with Gasteiger partial charge in [-0.15, -0.1) is 0 Å². The molecule has 0 atom stereocenters. The van der Waals surface area contributed by atoms with Gasteiger partial charge in [0.2, 0.25) is 0 Å². The highest BCUT2D eigenvalue weighted by atomic mass is 16.4. The van der Waals surface area contributed by atoms with Crippen LogP contribution in [-0.4, -0.2) is 18.1 Å². The normalized spacial score (nSPS) is 10.3. The Bertz CT molecular complexity index is 620. The fourth-order valence-corrected chi connectivity index (χ4v) is 2.34. The first-order chi connectivity index (χ1) is 9.02. The smallest absolute Gasteiger partial charge is 0.337 e. The highest BCUT2D eigenvalue weighted by Crippen LogP contribution is 2.32. The first-order valence-electron chi connectivity index (χ1n) is 6.14. The second-order valence-electron chi connectivity index (χ2n) is 4.62. The van der Waals surface area contributed by atoms with Crippen molar-refractivity contribution >= 4 is 17.3 Å².